The number of Topliss-reactive ketones (excluding diaryl/α,β-unsaturated/α-hetero) is 1. The van der Waals surface area contributed by atoms with E-state index in [1.807, 2.05) is 0 Å². The zero-order chi connectivity index (χ0) is 20.7. The lowest BCUT2D eigenvalue weighted by Gasteiger charge is -2.18. The van der Waals surface area contributed by atoms with Crippen LogP contribution >= 0.6 is 23.2 Å². The van der Waals surface area contributed by atoms with Gasteiger partial charge in [-0.3, -0.25) is 4.79 Å². The Kier molecular flexibility index (Phi) is 4.90. The number of carbonyl (C=O) groups is 2. The number of aromatic carboxylic acids is 1. The predicted octanol–water partition coefficient (Wildman–Crippen LogP) is 4.94. The van der Waals surface area contributed by atoms with Crippen LogP contribution in [0, 0.1) is 0 Å². The highest BCUT2D eigenvalue weighted by molar-refractivity contribution is 6.43. The van der Waals surface area contributed by atoms with E-state index in [9.17, 15) is 14.0 Å². The number of carboxylic acids is 1. The quantitative estimate of drug-likeness (QED) is 0.700. The Bertz CT molecular complexity index is 1160. The largest absolute Gasteiger partial charge is 0.478 e. The van der Waals surface area contributed by atoms with Crippen LogP contribution in [0.4, 0.5) is 4.39 Å². The molecule has 0 saturated heterocycles. The van der Waals surface area contributed by atoms with Crippen LogP contribution in [0.15, 0.2) is 76.0 Å². The molecule has 0 radical (unpaired) electrons. The van der Waals surface area contributed by atoms with Crippen molar-refractivity contribution >= 4 is 46.4 Å². The number of alkyl halides is 1. The van der Waals surface area contributed by atoms with Gasteiger partial charge in [-0.25, -0.2) is 9.18 Å². The molecule has 29 heavy (non-hydrogen) atoms. The molecule has 4 rings (SSSR count). The summed E-state index contributed by atoms with van der Waals surface area (Å²) in [5.74, 6) is -1.56. The zero-order valence-corrected chi connectivity index (χ0v) is 16.1. The van der Waals surface area contributed by atoms with Crippen molar-refractivity contribution in [3.05, 3.63) is 92.5 Å². The number of hydrogen-bond acceptors (Lipinski definition) is 4. The molecule has 1 unspecified atom stereocenters. The van der Waals surface area contributed by atoms with Crippen LogP contribution in [0.3, 0.4) is 0 Å². The normalized spacial score (nSPS) is 17.7. The first-order valence-electron chi connectivity index (χ1n) is 8.43. The highest BCUT2D eigenvalue weighted by Crippen LogP contribution is 2.33. The third kappa shape index (κ3) is 3.30. The number of hydrogen-bond donors (Lipinski definition) is 1. The van der Waals surface area contributed by atoms with Crippen molar-refractivity contribution in [1.82, 2.24) is 0 Å². The molecule has 2 aromatic rings. The fourth-order valence-corrected chi connectivity index (χ4v) is 3.72. The van der Waals surface area contributed by atoms with Gasteiger partial charge < -0.3 is 5.11 Å². The van der Waals surface area contributed by atoms with Crippen LogP contribution in [0.1, 0.15) is 26.3 Å². The summed E-state index contributed by atoms with van der Waals surface area (Å²) in [6, 6.07) is 10.6. The highest BCUT2D eigenvalue weighted by atomic mass is 35.5. The summed E-state index contributed by atoms with van der Waals surface area (Å²) in [6.07, 6.45) is 1.06. The number of ketones is 1. The number of halogens is 3. The molecule has 1 aliphatic carbocycles. The van der Waals surface area contributed by atoms with Gasteiger partial charge in [-0.1, -0.05) is 47.5 Å². The van der Waals surface area contributed by atoms with E-state index in [0.717, 1.165) is 0 Å². The van der Waals surface area contributed by atoms with Crippen molar-refractivity contribution in [3.8, 4) is 0 Å². The Morgan fingerprint density at radius 2 is 1.66 bits per heavy atom. The minimum absolute atomic E-state index is 0.0105. The Morgan fingerprint density at radius 3 is 2.28 bits per heavy atom. The SMILES string of the molecule is O=C(O)c1ccc(C2=NN=C3C2=C(C(=O)c2c(Cl)cccc2Cl)C=CC3F)cc1. The van der Waals surface area contributed by atoms with E-state index in [1.54, 1.807) is 18.2 Å². The summed E-state index contributed by atoms with van der Waals surface area (Å²) >= 11 is 12.3. The van der Waals surface area contributed by atoms with Crippen molar-refractivity contribution in [3.63, 3.8) is 0 Å². The van der Waals surface area contributed by atoms with E-state index in [1.165, 1.54) is 36.4 Å². The fraction of sp³-hybridized carbons (Fsp3) is 0.0476. The second kappa shape index (κ2) is 7.39. The Labute approximate surface area is 174 Å². The molecule has 2 aliphatic rings. The summed E-state index contributed by atoms with van der Waals surface area (Å²) in [6.45, 7) is 0. The molecule has 0 amide bonds. The standard InChI is InChI=1S/C21H11Cl2FN2O3/c22-13-2-1-3-14(23)17(13)20(27)12-8-9-15(24)19-16(12)18(25-26-19)10-4-6-11(7-5-10)21(28)29/h1-9,15H,(H,28,29). The maximum atomic E-state index is 14.4. The van der Waals surface area contributed by atoms with Crippen molar-refractivity contribution in [1.29, 1.82) is 0 Å². The number of carboxylic acid groups (broad SMARTS) is 1. The molecule has 0 aromatic heterocycles. The third-order valence-corrected chi connectivity index (χ3v) is 5.18. The number of nitrogens with zero attached hydrogens (tertiary/aromatic N) is 2. The molecule has 1 aliphatic heterocycles. The van der Waals surface area contributed by atoms with E-state index < -0.39 is 17.9 Å². The van der Waals surface area contributed by atoms with Crippen LogP contribution in [0.5, 0.6) is 0 Å². The molecular weight excluding hydrogens is 418 g/mol. The molecular formula is C21H11Cl2FN2O3. The van der Waals surface area contributed by atoms with Gasteiger partial charge in [-0.15, -0.1) is 5.10 Å². The molecule has 1 N–H and O–H groups in total. The van der Waals surface area contributed by atoms with Crippen LogP contribution in [-0.4, -0.2) is 34.5 Å². The summed E-state index contributed by atoms with van der Waals surface area (Å²) in [5.41, 5.74) is 1.38. The van der Waals surface area contributed by atoms with Gasteiger partial charge in [-0.2, -0.15) is 5.10 Å². The van der Waals surface area contributed by atoms with Crippen molar-refractivity contribution in [2.24, 2.45) is 10.2 Å². The minimum Gasteiger partial charge on any atom is -0.478 e. The summed E-state index contributed by atoms with van der Waals surface area (Å²) in [4.78, 5) is 24.3. The Hall–Kier alpha value is -3.09. The third-order valence-electron chi connectivity index (χ3n) is 4.55. The van der Waals surface area contributed by atoms with Crippen molar-refractivity contribution in [2.45, 2.75) is 6.17 Å². The van der Waals surface area contributed by atoms with Gasteiger partial charge >= 0.3 is 5.97 Å². The molecule has 1 atom stereocenters. The molecule has 2 aromatic carbocycles. The van der Waals surface area contributed by atoms with Crippen LogP contribution in [0.2, 0.25) is 10.0 Å². The Balaban J connectivity index is 1.84. The smallest absolute Gasteiger partial charge is 0.335 e. The van der Waals surface area contributed by atoms with Gasteiger partial charge in [0.25, 0.3) is 0 Å². The fourth-order valence-electron chi connectivity index (χ4n) is 3.15. The van der Waals surface area contributed by atoms with Gasteiger partial charge in [-0.05, 0) is 30.3 Å². The van der Waals surface area contributed by atoms with Gasteiger partial charge in [0.15, 0.2) is 12.0 Å². The topological polar surface area (TPSA) is 79.1 Å². The van der Waals surface area contributed by atoms with Gasteiger partial charge in [0.1, 0.15) is 11.4 Å². The molecule has 8 heteroatoms. The van der Waals surface area contributed by atoms with Crippen LogP contribution in [0.25, 0.3) is 0 Å². The molecule has 144 valence electrons. The van der Waals surface area contributed by atoms with Gasteiger partial charge in [0.05, 0.1) is 21.2 Å². The number of fused-ring (bicyclic) bond motifs is 1. The first-order valence-corrected chi connectivity index (χ1v) is 9.19. The van der Waals surface area contributed by atoms with E-state index >= 15 is 0 Å². The first-order chi connectivity index (χ1) is 13.9. The summed E-state index contributed by atoms with van der Waals surface area (Å²) in [7, 11) is 0. The van der Waals surface area contributed by atoms with Crippen molar-refractivity contribution < 1.29 is 19.1 Å². The average molecular weight is 429 g/mol. The van der Waals surface area contributed by atoms with Crippen LogP contribution in [-0.2, 0) is 0 Å². The molecule has 0 saturated carbocycles. The van der Waals surface area contributed by atoms with Gasteiger partial charge in [0.2, 0.25) is 0 Å². The summed E-state index contributed by atoms with van der Waals surface area (Å²) in [5, 5.41) is 17.4. The maximum absolute atomic E-state index is 14.4. The molecule has 5 nitrogen and oxygen atoms in total. The lowest BCUT2D eigenvalue weighted by Crippen LogP contribution is -2.25. The first kappa shape index (κ1) is 19.2. The van der Waals surface area contributed by atoms with E-state index in [2.05, 4.69) is 10.2 Å². The van der Waals surface area contributed by atoms with Crippen molar-refractivity contribution in [2.75, 3.05) is 0 Å². The number of benzene rings is 2. The molecule has 1 heterocycles. The second-order valence-corrected chi connectivity index (χ2v) is 7.11. The number of allylic oxidation sites excluding steroid dienone is 4. The highest BCUT2D eigenvalue weighted by Gasteiger charge is 2.35. The van der Waals surface area contributed by atoms with E-state index in [-0.39, 0.29) is 43.7 Å². The molecule has 0 fully saturated rings. The monoisotopic (exact) mass is 428 g/mol. The number of carbonyl (C=O) groups excluding carboxylic acids is 1. The Morgan fingerprint density at radius 1 is 1.00 bits per heavy atom. The van der Waals surface area contributed by atoms with Gasteiger partial charge in [0, 0.05) is 16.7 Å². The van der Waals surface area contributed by atoms with E-state index in [4.69, 9.17) is 28.3 Å². The second-order valence-electron chi connectivity index (χ2n) is 6.29. The maximum Gasteiger partial charge on any atom is 0.335 e. The van der Waals surface area contributed by atoms with Crippen LogP contribution < -0.4 is 0 Å². The lowest BCUT2D eigenvalue weighted by molar-refractivity contribution is 0.0696. The zero-order valence-electron chi connectivity index (χ0n) is 14.6. The molecule has 0 bridgehead atoms. The average Bonchev–Trinajstić information content (AvgIpc) is 3.14. The molecule has 0 spiro atoms. The number of rotatable bonds is 4. The lowest BCUT2D eigenvalue weighted by atomic mass is 9.85. The summed E-state index contributed by atoms with van der Waals surface area (Å²) < 4.78 is 14.4. The minimum atomic E-state index is -1.53. The predicted molar refractivity (Wildman–Crippen MR) is 109 cm³/mol. The van der Waals surface area contributed by atoms with E-state index in [0.29, 0.717) is 5.56 Å².